The number of nitrogens with zero attached hydrogens (tertiary/aromatic N) is 1. The molecule has 0 aliphatic carbocycles. The standard InChI is InChI=1S/C22H25Cl2N3O3/c23-17-5-3-16(4-6-17)21(28)2-1-11-27-12-13-30-20(15-27)14-25-22(29)26-19-9-7-18(24)8-10-19/h3-10,20H,1-2,11-15H2,(H2,25,26,29). The second kappa shape index (κ2) is 11.3. The molecule has 1 heterocycles. The van der Waals surface area contributed by atoms with Gasteiger partial charge in [-0.2, -0.15) is 0 Å². The van der Waals surface area contributed by atoms with Crippen molar-refractivity contribution in [1.82, 2.24) is 10.2 Å². The molecule has 6 nitrogen and oxygen atoms in total. The second-order valence-electron chi connectivity index (χ2n) is 7.17. The van der Waals surface area contributed by atoms with Gasteiger partial charge in [-0.15, -0.1) is 0 Å². The molecule has 1 aliphatic heterocycles. The highest BCUT2D eigenvalue weighted by Crippen LogP contribution is 2.14. The summed E-state index contributed by atoms with van der Waals surface area (Å²) in [4.78, 5) is 26.6. The minimum atomic E-state index is -0.286. The van der Waals surface area contributed by atoms with E-state index in [1.807, 2.05) is 0 Å². The Hall–Kier alpha value is -2.12. The summed E-state index contributed by atoms with van der Waals surface area (Å²) in [5.74, 6) is 0.122. The third kappa shape index (κ3) is 7.29. The lowest BCUT2D eigenvalue weighted by Crippen LogP contribution is -2.48. The summed E-state index contributed by atoms with van der Waals surface area (Å²) in [6, 6.07) is 13.6. The number of nitrogens with one attached hydrogen (secondary N) is 2. The van der Waals surface area contributed by atoms with E-state index in [-0.39, 0.29) is 17.9 Å². The van der Waals surface area contributed by atoms with Gasteiger partial charge in [0.05, 0.1) is 12.7 Å². The number of ether oxygens (including phenoxy) is 1. The van der Waals surface area contributed by atoms with E-state index in [0.29, 0.717) is 40.9 Å². The van der Waals surface area contributed by atoms with Gasteiger partial charge in [-0.25, -0.2) is 4.79 Å². The first-order chi connectivity index (χ1) is 14.5. The van der Waals surface area contributed by atoms with Crippen molar-refractivity contribution in [3.63, 3.8) is 0 Å². The Morgan fingerprint density at radius 2 is 1.70 bits per heavy atom. The number of carbonyl (C=O) groups excluding carboxylic acids is 2. The van der Waals surface area contributed by atoms with Crippen molar-refractivity contribution in [1.29, 1.82) is 0 Å². The quantitative estimate of drug-likeness (QED) is 0.582. The molecule has 3 rings (SSSR count). The van der Waals surface area contributed by atoms with Crippen molar-refractivity contribution in [3.8, 4) is 0 Å². The molecule has 0 aromatic heterocycles. The highest BCUT2D eigenvalue weighted by atomic mass is 35.5. The first-order valence-electron chi connectivity index (χ1n) is 9.93. The van der Waals surface area contributed by atoms with Gasteiger partial charge in [-0.3, -0.25) is 9.69 Å². The number of benzene rings is 2. The molecule has 0 radical (unpaired) electrons. The summed E-state index contributed by atoms with van der Waals surface area (Å²) < 4.78 is 5.75. The zero-order chi connectivity index (χ0) is 21.3. The van der Waals surface area contributed by atoms with Crippen LogP contribution in [0.3, 0.4) is 0 Å². The van der Waals surface area contributed by atoms with Gasteiger partial charge in [0.15, 0.2) is 5.78 Å². The second-order valence-corrected chi connectivity index (χ2v) is 8.04. The van der Waals surface area contributed by atoms with Crippen LogP contribution in [0.1, 0.15) is 23.2 Å². The lowest BCUT2D eigenvalue weighted by Gasteiger charge is -2.33. The van der Waals surface area contributed by atoms with Gasteiger partial charge >= 0.3 is 6.03 Å². The van der Waals surface area contributed by atoms with Gasteiger partial charge in [0.25, 0.3) is 0 Å². The van der Waals surface area contributed by atoms with Crippen LogP contribution in [0.2, 0.25) is 10.0 Å². The molecule has 1 aliphatic rings. The van der Waals surface area contributed by atoms with Crippen LogP contribution in [0.5, 0.6) is 0 Å². The van der Waals surface area contributed by atoms with Crippen LogP contribution in [0.4, 0.5) is 10.5 Å². The van der Waals surface area contributed by atoms with Crippen LogP contribution in [0.25, 0.3) is 0 Å². The van der Waals surface area contributed by atoms with E-state index in [9.17, 15) is 9.59 Å². The number of morpholine rings is 1. The number of anilines is 1. The number of hydrogen-bond acceptors (Lipinski definition) is 4. The summed E-state index contributed by atoms with van der Waals surface area (Å²) in [6.07, 6.45) is 1.19. The summed E-state index contributed by atoms with van der Waals surface area (Å²) in [7, 11) is 0. The highest BCUT2D eigenvalue weighted by Gasteiger charge is 2.21. The number of amides is 2. The molecule has 2 amide bonds. The Kier molecular flexibility index (Phi) is 8.51. The van der Waals surface area contributed by atoms with Crippen LogP contribution in [-0.4, -0.2) is 55.6 Å². The van der Waals surface area contributed by atoms with Gasteiger partial charge in [-0.05, 0) is 61.5 Å². The van der Waals surface area contributed by atoms with E-state index in [1.165, 1.54) is 0 Å². The van der Waals surface area contributed by atoms with E-state index >= 15 is 0 Å². The molecule has 1 atom stereocenters. The van der Waals surface area contributed by atoms with Crippen molar-refractivity contribution in [3.05, 3.63) is 64.1 Å². The van der Waals surface area contributed by atoms with Gasteiger partial charge in [0, 0.05) is 47.4 Å². The fourth-order valence-corrected chi connectivity index (χ4v) is 3.52. The van der Waals surface area contributed by atoms with Gasteiger partial charge in [0.1, 0.15) is 0 Å². The van der Waals surface area contributed by atoms with Crippen LogP contribution in [0.15, 0.2) is 48.5 Å². The van der Waals surface area contributed by atoms with Gasteiger partial charge < -0.3 is 15.4 Å². The molecule has 2 N–H and O–H groups in total. The summed E-state index contributed by atoms with van der Waals surface area (Å²) in [5, 5.41) is 6.84. The van der Waals surface area contributed by atoms with E-state index in [1.54, 1.807) is 48.5 Å². The molecule has 0 spiro atoms. The Labute approximate surface area is 186 Å². The van der Waals surface area contributed by atoms with Gasteiger partial charge in [0.2, 0.25) is 0 Å². The maximum Gasteiger partial charge on any atom is 0.319 e. The molecule has 30 heavy (non-hydrogen) atoms. The monoisotopic (exact) mass is 449 g/mol. The Balaban J connectivity index is 1.35. The fourth-order valence-electron chi connectivity index (χ4n) is 3.27. The zero-order valence-corrected chi connectivity index (χ0v) is 18.1. The van der Waals surface area contributed by atoms with Crippen LogP contribution < -0.4 is 10.6 Å². The number of rotatable bonds is 8. The molecule has 2 aromatic rings. The predicted octanol–water partition coefficient (Wildman–Crippen LogP) is 4.48. The summed E-state index contributed by atoms with van der Waals surface area (Å²) >= 11 is 11.7. The van der Waals surface area contributed by atoms with Crippen LogP contribution in [0, 0.1) is 0 Å². The van der Waals surface area contributed by atoms with Crippen LogP contribution >= 0.6 is 23.2 Å². The Morgan fingerprint density at radius 3 is 2.40 bits per heavy atom. The first-order valence-corrected chi connectivity index (χ1v) is 10.7. The molecule has 8 heteroatoms. The van der Waals surface area contributed by atoms with Crippen molar-refractivity contribution < 1.29 is 14.3 Å². The molecule has 1 unspecified atom stereocenters. The largest absolute Gasteiger partial charge is 0.374 e. The Bertz CT molecular complexity index is 844. The maximum absolute atomic E-state index is 12.3. The molecule has 1 fully saturated rings. The smallest absolute Gasteiger partial charge is 0.319 e. The van der Waals surface area contributed by atoms with E-state index in [0.717, 1.165) is 26.1 Å². The zero-order valence-electron chi connectivity index (χ0n) is 16.6. The fraction of sp³-hybridized carbons (Fsp3) is 0.364. The topological polar surface area (TPSA) is 70.7 Å². The molecule has 2 aromatic carbocycles. The first kappa shape index (κ1) is 22.6. The van der Waals surface area contributed by atoms with E-state index in [4.69, 9.17) is 27.9 Å². The number of carbonyl (C=O) groups is 2. The minimum Gasteiger partial charge on any atom is -0.374 e. The lowest BCUT2D eigenvalue weighted by atomic mass is 10.1. The van der Waals surface area contributed by atoms with E-state index in [2.05, 4.69) is 15.5 Å². The number of Topliss-reactive ketones (excluding diaryl/α,β-unsaturated/α-hetero) is 1. The molecule has 0 bridgehead atoms. The highest BCUT2D eigenvalue weighted by molar-refractivity contribution is 6.31. The van der Waals surface area contributed by atoms with Crippen molar-refractivity contribution in [2.45, 2.75) is 18.9 Å². The van der Waals surface area contributed by atoms with Crippen molar-refractivity contribution >= 4 is 40.7 Å². The average Bonchev–Trinajstić information content (AvgIpc) is 2.75. The number of halogens is 2. The minimum absolute atomic E-state index is 0.0818. The number of ketones is 1. The average molecular weight is 450 g/mol. The normalized spacial score (nSPS) is 16.8. The Morgan fingerprint density at radius 1 is 1.03 bits per heavy atom. The van der Waals surface area contributed by atoms with E-state index < -0.39 is 0 Å². The van der Waals surface area contributed by atoms with Crippen molar-refractivity contribution in [2.75, 3.05) is 38.1 Å². The number of hydrogen-bond donors (Lipinski definition) is 2. The third-order valence-electron chi connectivity index (χ3n) is 4.86. The van der Waals surface area contributed by atoms with Crippen LogP contribution in [-0.2, 0) is 4.74 Å². The molecule has 0 saturated carbocycles. The molecule has 160 valence electrons. The molecular weight excluding hydrogens is 425 g/mol. The molecule has 1 saturated heterocycles. The lowest BCUT2D eigenvalue weighted by molar-refractivity contribution is -0.0258. The summed E-state index contributed by atoms with van der Waals surface area (Å²) in [6.45, 7) is 3.38. The SMILES string of the molecule is O=C(NCC1CN(CCCC(=O)c2ccc(Cl)cc2)CCO1)Nc1ccc(Cl)cc1. The summed E-state index contributed by atoms with van der Waals surface area (Å²) in [5.41, 5.74) is 1.36. The number of urea groups is 1. The van der Waals surface area contributed by atoms with Gasteiger partial charge in [-0.1, -0.05) is 23.2 Å². The maximum atomic E-state index is 12.3. The molecular formula is C22H25Cl2N3O3. The third-order valence-corrected chi connectivity index (χ3v) is 5.36. The van der Waals surface area contributed by atoms with Crippen molar-refractivity contribution in [2.24, 2.45) is 0 Å². The predicted molar refractivity (Wildman–Crippen MR) is 120 cm³/mol.